The summed E-state index contributed by atoms with van der Waals surface area (Å²) in [6.07, 6.45) is 2.93. The number of fused-ring (bicyclic) bond motifs is 1. The molecule has 0 bridgehead atoms. The average molecular weight is 487 g/mol. The number of pyridine rings is 1. The van der Waals surface area contributed by atoms with Gasteiger partial charge >= 0.3 is 5.91 Å². The second-order valence-corrected chi connectivity index (χ2v) is 9.19. The van der Waals surface area contributed by atoms with Crippen molar-refractivity contribution in [2.24, 2.45) is 0 Å². The molecule has 0 saturated carbocycles. The Bertz CT molecular complexity index is 1540. The van der Waals surface area contributed by atoms with Crippen LogP contribution in [0.25, 0.3) is 16.0 Å². The first-order valence-corrected chi connectivity index (χ1v) is 11.4. The lowest BCUT2D eigenvalue weighted by molar-refractivity contribution is -0.384. The van der Waals surface area contributed by atoms with Crippen molar-refractivity contribution >= 4 is 49.8 Å². The summed E-state index contributed by atoms with van der Waals surface area (Å²) in [7, 11) is 0. The number of rotatable bonds is 4. The molecular formula is C25H18N4O5S. The van der Waals surface area contributed by atoms with E-state index in [0.717, 1.165) is 15.8 Å². The van der Waals surface area contributed by atoms with Crippen molar-refractivity contribution in [3.63, 3.8) is 0 Å². The zero-order valence-corrected chi connectivity index (χ0v) is 19.4. The molecule has 1 fully saturated rings. The number of carbonyl (C=O) groups excluding carboxylic acids is 2. The highest BCUT2D eigenvalue weighted by atomic mass is 32.1. The monoisotopic (exact) mass is 486 g/mol. The van der Waals surface area contributed by atoms with Gasteiger partial charge in [0.2, 0.25) is 0 Å². The largest absolute Gasteiger partial charge is 0.507 e. The number of ketones is 1. The number of hydrogen-bond acceptors (Lipinski definition) is 8. The maximum absolute atomic E-state index is 13.3. The Morgan fingerprint density at radius 2 is 1.77 bits per heavy atom. The summed E-state index contributed by atoms with van der Waals surface area (Å²) in [6.45, 7) is 3.88. The number of aliphatic hydroxyl groups excluding tert-OH is 1. The number of nitro groups is 1. The third-order valence-corrected chi connectivity index (χ3v) is 6.84. The normalized spacial score (nSPS) is 17.3. The van der Waals surface area contributed by atoms with Crippen molar-refractivity contribution in [3.05, 3.63) is 98.9 Å². The molecule has 1 aliphatic heterocycles. The van der Waals surface area contributed by atoms with Gasteiger partial charge in [-0.3, -0.25) is 29.6 Å². The topological polar surface area (TPSA) is 127 Å². The zero-order valence-electron chi connectivity index (χ0n) is 18.6. The molecule has 0 radical (unpaired) electrons. The maximum Gasteiger partial charge on any atom is 0.301 e. The fourth-order valence-corrected chi connectivity index (χ4v) is 5.42. The third-order valence-electron chi connectivity index (χ3n) is 5.84. The van der Waals surface area contributed by atoms with E-state index in [1.807, 2.05) is 26.0 Å². The Kier molecular flexibility index (Phi) is 5.37. The lowest BCUT2D eigenvalue weighted by atomic mass is 9.95. The number of amides is 1. The molecule has 1 atom stereocenters. The summed E-state index contributed by atoms with van der Waals surface area (Å²) < 4.78 is 0.857. The molecule has 174 valence electrons. The van der Waals surface area contributed by atoms with Gasteiger partial charge in [-0.25, -0.2) is 4.98 Å². The SMILES string of the molecule is Cc1cc(C)c2nc(N3C(=O)C(=O)C(=C(O)c4ccncc4)C3c3ccc([N+](=O)[O-])cc3)sc2c1. The van der Waals surface area contributed by atoms with Gasteiger partial charge in [0.1, 0.15) is 5.76 Å². The number of thiazole rings is 1. The van der Waals surface area contributed by atoms with Crippen LogP contribution >= 0.6 is 11.3 Å². The zero-order chi connectivity index (χ0) is 24.9. The second-order valence-electron chi connectivity index (χ2n) is 8.18. The average Bonchev–Trinajstić information content (AvgIpc) is 3.38. The van der Waals surface area contributed by atoms with Gasteiger partial charge in [0.15, 0.2) is 5.13 Å². The van der Waals surface area contributed by atoms with Crippen molar-refractivity contribution in [1.29, 1.82) is 0 Å². The Balaban J connectivity index is 1.74. The van der Waals surface area contributed by atoms with Gasteiger partial charge in [-0.2, -0.15) is 0 Å². The number of aliphatic hydroxyl groups is 1. The second kappa shape index (κ2) is 8.41. The minimum atomic E-state index is -1.02. The molecule has 4 aromatic rings. The summed E-state index contributed by atoms with van der Waals surface area (Å²) in [4.78, 5) is 47.0. The van der Waals surface area contributed by atoms with E-state index in [9.17, 15) is 24.8 Å². The fraction of sp³-hybridized carbons (Fsp3) is 0.120. The van der Waals surface area contributed by atoms with Crippen LogP contribution in [0.4, 0.5) is 10.8 Å². The number of anilines is 1. The molecule has 0 spiro atoms. The van der Waals surface area contributed by atoms with Crippen LogP contribution in [0.3, 0.4) is 0 Å². The Labute approximate surface area is 203 Å². The van der Waals surface area contributed by atoms with Crippen LogP contribution in [0.5, 0.6) is 0 Å². The highest BCUT2D eigenvalue weighted by molar-refractivity contribution is 7.22. The van der Waals surface area contributed by atoms with Gasteiger partial charge in [0.05, 0.1) is 26.8 Å². The van der Waals surface area contributed by atoms with E-state index in [1.165, 1.54) is 65.0 Å². The molecule has 10 heteroatoms. The molecule has 9 nitrogen and oxygen atoms in total. The third kappa shape index (κ3) is 3.73. The van der Waals surface area contributed by atoms with Crippen LogP contribution in [-0.4, -0.2) is 31.7 Å². The van der Waals surface area contributed by atoms with Crippen LogP contribution in [0.2, 0.25) is 0 Å². The minimum absolute atomic E-state index is 0.123. The summed E-state index contributed by atoms with van der Waals surface area (Å²) in [5.41, 5.74) is 3.18. The van der Waals surface area contributed by atoms with Crippen molar-refractivity contribution in [2.75, 3.05) is 4.90 Å². The highest BCUT2D eigenvalue weighted by Crippen LogP contribution is 2.44. The van der Waals surface area contributed by atoms with Gasteiger partial charge in [-0.1, -0.05) is 17.4 Å². The number of non-ortho nitro benzene ring substituents is 1. The summed E-state index contributed by atoms with van der Waals surface area (Å²) in [6, 6.07) is 11.5. The predicted molar refractivity (Wildman–Crippen MR) is 131 cm³/mol. The molecule has 5 rings (SSSR count). The van der Waals surface area contributed by atoms with E-state index >= 15 is 0 Å². The Morgan fingerprint density at radius 3 is 2.43 bits per heavy atom. The maximum atomic E-state index is 13.3. The molecule has 35 heavy (non-hydrogen) atoms. The lowest BCUT2D eigenvalue weighted by Gasteiger charge is -2.22. The van der Waals surface area contributed by atoms with Gasteiger partial charge in [0.25, 0.3) is 11.5 Å². The van der Waals surface area contributed by atoms with Crippen LogP contribution < -0.4 is 4.90 Å². The standard InChI is InChI=1S/C25H18N4O5S/c1-13-11-14(2)20-18(12-13)35-25(27-20)28-21(15-3-5-17(6-4-15)29(33)34)19(23(31)24(28)32)22(30)16-7-9-26-10-8-16/h3-12,21,30H,1-2H3. The quantitative estimate of drug-likeness (QED) is 0.144. The highest BCUT2D eigenvalue weighted by Gasteiger charge is 2.48. The number of hydrogen-bond donors (Lipinski definition) is 1. The number of Topliss-reactive ketones (excluding diaryl/α,β-unsaturated/α-hetero) is 1. The predicted octanol–water partition coefficient (Wildman–Crippen LogP) is 4.84. The number of benzene rings is 2. The van der Waals surface area contributed by atoms with Crippen LogP contribution in [0, 0.1) is 24.0 Å². The smallest absolute Gasteiger partial charge is 0.301 e. The molecule has 1 aliphatic rings. The molecule has 1 amide bonds. The Hall–Kier alpha value is -4.44. The molecule has 1 unspecified atom stereocenters. The molecule has 2 aromatic carbocycles. The summed E-state index contributed by atoms with van der Waals surface area (Å²) in [5, 5.41) is 22.6. The molecule has 1 N–H and O–H groups in total. The van der Waals surface area contributed by atoms with E-state index in [4.69, 9.17) is 0 Å². The van der Waals surface area contributed by atoms with Crippen LogP contribution in [0.1, 0.15) is 28.3 Å². The van der Waals surface area contributed by atoms with E-state index in [2.05, 4.69) is 9.97 Å². The van der Waals surface area contributed by atoms with Gasteiger partial charge in [-0.15, -0.1) is 0 Å². The van der Waals surface area contributed by atoms with E-state index in [-0.39, 0.29) is 17.0 Å². The molecule has 0 aliphatic carbocycles. The summed E-state index contributed by atoms with van der Waals surface area (Å²) >= 11 is 1.26. The molecular weight excluding hydrogens is 468 g/mol. The lowest BCUT2D eigenvalue weighted by Crippen LogP contribution is -2.29. The van der Waals surface area contributed by atoms with Crippen molar-refractivity contribution in [3.8, 4) is 0 Å². The van der Waals surface area contributed by atoms with E-state index in [0.29, 0.717) is 21.8 Å². The first kappa shape index (κ1) is 22.4. The van der Waals surface area contributed by atoms with E-state index < -0.39 is 22.7 Å². The fourth-order valence-electron chi connectivity index (χ4n) is 4.25. The van der Waals surface area contributed by atoms with Crippen molar-refractivity contribution in [1.82, 2.24) is 9.97 Å². The number of aromatic nitrogens is 2. The number of nitrogens with zero attached hydrogens (tertiary/aromatic N) is 4. The minimum Gasteiger partial charge on any atom is -0.507 e. The van der Waals surface area contributed by atoms with Gasteiger partial charge < -0.3 is 5.11 Å². The summed E-state index contributed by atoms with van der Waals surface area (Å²) in [5.74, 6) is -2.06. The molecule has 3 heterocycles. The number of aryl methyl sites for hydroxylation is 2. The van der Waals surface area contributed by atoms with Gasteiger partial charge in [-0.05, 0) is 60.9 Å². The molecule has 2 aromatic heterocycles. The van der Waals surface area contributed by atoms with Crippen molar-refractivity contribution in [2.45, 2.75) is 19.9 Å². The Morgan fingerprint density at radius 1 is 1.09 bits per heavy atom. The van der Waals surface area contributed by atoms with E-state index in [1.54, 1.807) is 0 Å². The number of carbonyl (C=O) groups is 2. The van der Waals surface area contributed by atoms with Crippen molar-refractivity contribution < 1.29 is 19.6 Å². The van der Waals surface area contributed by atoms with Gasteiger partial charge in [0, 0.05) is 30.1 Å². The van der Waals surface area contributed by atoms with Crippen LogP contribution in [0.15, 0.2) is 66.5 Å². The number of nitro benzene ring substituents is 1. The molecule has 1 saturated heterocycles. The first-order chi connectivity index (χ1) is 16.8. The van der Waals surface area contributed by atoms with Crippen LogP contribution in [-0.2, 0) is 9.59 Å². The first-order valence-electron chi connectivity index (χ1n) is 10.6.